The molecule has 1 aromatic heterocycles. The molecule has 132 valence electrons. The quantitative estimate of drug-likeness (QED) is 0.397. The Labute approximate surface area is 163 Å². The molecule has 5 nitrogen and oxygen atoms in total. The van der Waals surface area contributed by atoms with Gasteiger partial charge in [0.15, 0.2) is 0 Å². The van der Waals surface area contributed by atoms with E-state index in [2.05, 4.69) is 10.5 Å². The summed E-state index contributed by atoms with van der Waals surface area (Å²) in [5.74, 6) is -0.115. The fourth-order valence-corrected chi connectivity index (χ4v) is 2.65. The minimum absolute atomic E-state index is 0.0112. The first-order valence-electron chi connectivity index (χ1n) is 7.31. The maximum Gasteiger partial charge on any atom is 0.337 e. The van der Waals surface area contributed by atoms with E-state index < -0.39 is 5.97 Å². The van der Waals surface area contributed by atoms with Gasteiger partial charge in [-0.3, -0.25) is 5.43 Å². The lowest BCUT2D eigenvalue weighted by molar-refractivity contribution is 0.0697. The van der Waals surface area contributed by atoms with E-state index in [1.54, 1.807) is 36.4 Å². The van der Waals surface area contributed by atoms with Gasteiger partial charge >= 0.3 is 5.97 Å². The van der Waals surface area contributed by atoms with Gasteiger partial charge in [0.05, 0.1) is 32.5 Å². The number of carboxylic acids is 1. The monoisotopic (exact) mass is 408 g/mol. The Kier molecular flexibility index (Phi) is 5.52. The van der Waals surface area contributed by atoms with Crippen LogP contribution >= 0.6 is 34.8 Å². The predicted octanol–water partition coefficient (Wildman–Crippen LogP) is 6.05. The second-order valence-corrected chi connectivity index (χ2v) is 6.42. The number of nitrogens with one attached hydrogen (secondary N) is 1. The van der Waals surface area contributed by atoms with Gasteiger partial charge in [0.1, 0.15) is 11.5 Å². The predicted molar refractivity (Wildman–Crippen MR) is 104 cm³/mol. The summed E-state index contributed by atoms with van der Waals surface area (Å²) >= 11 is 17.7. The highest BCUT2D eigenvalue weighted by atomic mass is 35.5. The number of benzene rings is 2. The topological polar surface area (TPSA) is 74.8 Å². The van der Waals surface area contributed by atoms with Crippen molar-refractivity contribution in [2.24, 2.45) is 5.10 Å². The molecule has 0 aliphatic carbocycles. The molecule has 0 unspecified atom stereocenters. The SMILES string of the molecule is O=C(O)c1cc(-c2ccc(/C=N/Nc3ccc(Cl)c(Cl)c3)o2)ccc1Cl. The van der Waals surface area contributed by atoms with Gasteiger partial charge in [-0.15, -0.1) is 0 Å². The zero-order chi connectivity index (χ0) is 18.7. The molecule has 1 heterocycles. The molecule has 8 heteroatoms. The van der Waals surface area contributed by atoms with E-state index >= 15 is 0 Å². The Morgan fingerprint density at radius 2 is 1.77 bits per heavy atom. The standard InChI is InChI=1S/C18H11Cl3N2O3/c19-14-4-1-10(7-13(14)18(24)25)17-6-3-12(26-17)9-22-23-11-2-5-15(20)16(21)8-11/h1-9,23H,(H,24,25)/b22-9+. The number of hydrogen-bond donors (Lipinski definition) is 2. The summed E-state index contributed by atoms with van der Waals surface area (Å²) in [4.78, 5) is 11.2. The number of furan rings is 1. The Hall–Kier alpha value is -2.47. The van der Waals surface area contributed by atoms with Crippen LogP contribution in [0.4, 0.5) is 5.69 Å². The van der Waals surface area contributed by atoms with Crippen molar-refractivity contribution >= 4 is 52.7 Å². The lowest BCUT2D eigenvalue weighted by Gasteiger charge is -2.02. The highest BCUT2D eigenvalue weighted by molar-refractivity contribution is 6.42. The van der Waals surface area contributed by atoms with Crippen molar-refractivity contribution < 1.29 is 14.3 Å². The highest BCUT2D eigenvalue weighted by Crippen LogP contribution is 2.27. The van der Waals surface area contributed by atoms with E-state index in [0.29, 0.717) is 32.8 Å². The van der Waals surface area contributed by atoms with Crippen LogP contribution in [0.3, 0.4) is 0 Å². The lowest BCUT2D eigenvalue weighted by atomic mass is 10.1. The van der Waals surface area contributed by atoms with E-state index in [9.17, 15) is 4.79 Å². The average Bonchev–Trinajstić information content (AvgIpc) is 3.07. The summed E-state index contributed by atoms with van der Waals surface area (Å²) in [5, 5.41) is 14.3. The fourth-order valence-electron chi connectivity index (χ4n) is 2.16. The van der Waals surface area contributed by atoms with Crippen molar-refractivity contribution in [3.8, 4) is 11.3 Å². The number of anilines is 1. The van der Waals surface area contributed by atoms with E-state index in [1.165, 1.54) is 18.3 Å². The first-order chi connectivity index (χ1) is 12.4. The molecule has 0 fully saturated rings. The summed E-state index contributed by atoms with van der Waals surface area (Å²) in [6.07, 6.45) is 1.49. The smallest absolute Gasteiger partial charge is 0.337 e. The maximum absolute atomic E-state index is 11.2. The number of aromatic carboxylic acids is 1. The van der Waals surface area contributed by atoms with E-state index in [-0.39, 0.29) is 10.6 Å². The summed E-state index contributed by atoms with van der Waals surface area (Å²) in [6.45, 7) is 0. The number of carbonyl (C=O) groups is 1. The van der Waals surface area contributed by atoms with Crippen molar-refractivity contribution in [1.29, 1.82) is 0 Å². The zero-order valence-corrected chi connectivity index (χ0v) is 15.3. The largest absolute Gasteiger partial charge is 0.478 e. The van der Waals surface area contributed by atoms with Crippen LogP contribution in [0.2, 0.25) is 15.1 Å². The molecule has 0 saturated heterocycles. The normalized spacial score (nSPS) is 11.0. The molecule has 0 aliphatic heterocycles. The van der Waals surface area contributed by atoms with Crippen molar-refractivity contribution in [2.75, 3.05) is 5.43 Å². The molecule has 0 bridgehead atoms. The van der Waals surface area contributed by atoms with Gasteiger partial charge in [-0.05, 0) is 48.5 Å². The van der Waals surface area contributed by atoms with Crippen molar-refractivity contribution in [2.45, 2.75) is 0 Å². The zero-order valence-electron chi connectivity index (χ0n) is 13.0. The third-order valence-corrected chi connectivity index (χ3v) is 4.48. The minimum atomic E-state index is -1.10. The molecule has 0 radical (unpaired) electrons. The van der Waals surface area contributed by atoms with Crippen LogP contribution in [0, 0.1) is 0 Å². The summed E-state index contributed by atoms with van der Waals surface area (Å²) in [5.41, 5.74) is 4.10. The third kappa shape index (κ3) is 4.19. The van der Waals surface area contributed by atoms with Gasteiger partial charge in [-0.1, -0.05) is 34.8 Å². The number of hydrazone groups is 1. The summed E-state index contributed by atoms with van der Waals surface area (Å²) in [6, 6.07) is 13.1. The molecule has 0 atom stereocenters. The number of carboxylic acid groups (broad SMARTS) is 1. The fraction of sp³-hybridized carbons (Fsp3) is 0. The molecule has 26 heavy (non-hydrogen) atoms. The Morgan fingerprint density at radius 1 is 1.00 bits per heavy atom. The summed E-state index contributed by atoms with van der Waals surface area (Å²) < 4.78 is 5.65. The van der Waals surface area contributed by atoms with E-state index in [1.807, 2.05) is 0 Å². The third-order valence-electron chi connectivity index (χ3n) is 3.41. The van der Waals surface area contributed by atoms with Gasteiger partial charge in [0, 0.05) is 5.56 Å². The molecule has 0 saturated carbocycles. The van der Waals surface area contributed by atoms with Crippen LogP contribution in [0.25, 0.3) is 11.3 Å². The minimum Gasteiger partial charge on any atom is -0.478 e. The average molecular weight is 410 g/mol. The first-order valence-corrected chi connectivity index (χ1v) is 8.44. The molecule has 0 spiro atoms. The Bertz CT molecular complexity index is 999. The Balaban J connectivity index is 1.74. The van der Waals surface area contributed by atoms with Crippen LogP contribution < -0.4 is 5.43 Å². The van der Waals surface area contributed by atoms with Crippen molar-refractivity contribution in [3.05, 3.63) is 74.9 Å². The second-order valence-electron chi connectivity index (χ2n) is 5.20. The van der Waals surface area contributed by atoms with E-state index in [4.69, 9.17) is 44.3 Å². The molecular formula is C18H11Cl3N2O3. The van der Waals surface area contributed by atoms with Gasteiger partial charge in [0.2, 0.25) is 0 Å². The number of hydrogen-bond acceptors (Lipinski definition) is 4. The number of halogens is 3. The lowest BCUT2D eigenvalue weighted by Crippen LogP contribution is -1.97. The van der Waals surface area contributed by atoms with Gasteiger partial charge in [-0.25, -0.2) is 4.79 Å². The van der Waals surface area contributed by atoms with Crippen LogP contribution in [0.1, 0.15) is 16.1 Å². The number of rotatable bonds is 5. The number of nitrogens with zero attached hydrogens (tertiary/aromatic N) is 1. The first kappa shape index (κ1) is 18.3. The van der Waals surface area contributed by atoms with E-state index in [0.717, 1.165) is 0 Å². The Morgan fingerprint density at radius 3 is 2.50 bits per heavy atom. The van der Waals surface area contributed by atoms with Crippen molar-refractivity contribution in [3.63, 3.8) is 0 Å². The molecule has 3 aromatic rings. The van der Waals surface area contributed by atoms with Gasteiger partial charge < -0.3 is 9.52 Å². The molecule has 2 N–H and O–H groups in total. The second kappa shape index (κ2) is 7.83. The van der Waals surface area contributed by atoms with Crippen LogP contribution in [-0.4, -0.2) is 17.3 Å². The molecule has 0 amide bonds. The van der Waals surface area contributed by atoms with Crippen molar-refractivity contribution in [1.82, 2.24) is 0 Å². The van der Waals surface area contributed by atoms with Crippen LogP contribution in [-0.2, 0) is 0 Å². The molecule has 0 aliphatic rings. The van der Waals surface area contributed by atoms with Crippen LogP contribution in [0.15, 0.2) is 58.0 Å². The van der Waals surface area contributed by atoms with Gasteiger partial charge in [0.25, 0.3) is 0 Å². The summed E-state index contributed by atoms with van der Waals surface area (Å²) in [7, 11) is 0. The van der Waals surface area contributed by atoms with Crippen LogP contribution in [0.5, 0.6) is 0 Å². The molecule has 3 rings (SSSR count). The molecule has 2 aromatic carbocycles. The highest BCUT2D eigenvalue weighted by Gasteiger charge is 2.12. The van der Waals surface area contributed by atoms with Gasteiger partial charge in [-0.2, -0.15) is 5.10 Å². The molecular weight excluding hydrogens is 399 g/mol. The maximum atomic E-state index is 11.2.